The first-order valence-electron chi connectivity index (χ1n) is 15.0. The normalized spacial score (nSPS) is 19.8. The van der Waals surface area contributed by atoms with Crippen molar-refractivity contribution in [3.8, 4) is 0 Å². The summed E-state index contributed by atoms with van der Waals surface area (Å²) in [5, 5.41) is 3.35. The van der Waals surface area contributed by atoms with Gasteiger partial charge in [0, 0.05) is 36.9 Å². The Kier molecular flexibility index (Phi) is 27.2. The number of halogens is 2. The second-order valence-electron chi connectivity index (χ2n) is 10.6. The highest BCUT2D eigenvalue weighted by Crippen LogP contribution is 2.22. The van der Waals surface area contributed by atoms with Crippen molar-refractivity contribution in [1.29, 1.82) is 0 Å². The molecule has 3 rings (SSSR count). The van der Waals surface area contributed by atoms with Crippen LogP contribution in [-0.2, 0) is 29.1 Å². The number of nitrogens with two attached hydrogens (primary N) is 1. The second kappa shape index (κ2) is 24.5. The monoisotopic (exact) mass is 704 g/mol. The minimum absolute atomic E-state index is 0. The van der Waals surface area contributed by atoms with Crippen LogP contribution in [0.25, 0.3) is 0 Å². The lowest BCUT2D eigenvalue weighted by atomic mass is 9.96. The summed E-state index contributed by atoms with van der Waals surface area (Å²) in [6.07, 6.45) is 9.26. The summed E-state index contributed by atoms with van der Waals surface area (Å²) in [6.45, 7) is 15.3. The summed E-state index contributed by atoms with van der Waals surface area (Å²) < 4.78 is 68.6. The van der Waals surface area contributed by atoms with Crippen molar-refractivity contribution >= 4 is 52.2 Å². The zero-order valence-electron chi connectivity index (χ0n) is 25.9. The molecule has 0 radical (unpaired) electrons. The predicted molar refractivity (Wildman–Crippen MR) is 182 cm³/mol. The highest BCUT2D eigenvalue weighted by Gasteiger charge is 2.26. The van der Waals surface area contributed by atoms with E-state index in [1.807, 2.05) is 0 Å². The molecule has 3 saturated heterocycles. The molecule has 10 nitrogen and oxygen atoms in total. The first-order valence-corrected chi connectivity index (χ1v) is 20.7. The molecular formula is C27H62Cl2N4O6S3. The van der Waals surface area contributed by atoms with Crippen molar-refractivity contribution in [2.45, 2.75) is 93.4 Å². The topological polar surface area (TPSA) is 147 Å². The van der Waals surface area contributed by atoms with E-state index in [1.165, 1.54) is 45.7 Å². The molecular weight excluding hydrogens is 643 g/mol. The lowest BCUT2D eigenvalue weighted by Gasteiger charge is -2.30. The maximum atomic E-state index is 11.5. The first kappa shape index (κ1) is 46.7. The van der Waals surface area contributed by atoms with E-state index in [1.54, 1.807) is 22.5 Å². The third-order valence-corrected chi connectivity index (χ3v) is 13.1. The lowest BCUT2D eigenvalue weighted by molar-refractivity contribution is 0.269. The van der Waals surface area contributed by atoms with Gasteiger partial charge in [0.15, 0.2) is 0 Å². The molecule has 3 aliphatic rings. The molecule has 0 amide bonds. The zero-order valence-corrected chi connectivity index (χ0v) is 29.9. The molecule has 0 aromatic rings. The smallest absolute Gasteiger partial charge is 0.232 e. The van der Waals surface area contributed by atoms with Crippen LogP contribution in [0.15, 0.2) is 0 Å². The number of sulfonamides is 2. The highest BCUT2D eigenvalue weighted by atomic mass is 35.7. The molecule has 0 aliphatic carbocycles. The Hall–Kier alpha value is 0.270. The van der Waals surface area contributed by atoms with Crippen LogP contribution in [0.3, 0.4) is 0 Å². The van der Waals surface area contributed by atoms with Gasteiger partial charge in [0.2, 0.25) is 29.1 Å². The van der Waals surface area contributed by atoms with Gasteiger partial charge in [-0.2, -0.15) is 0 Å². The maximum absolute atomic E-state index is 11.5. The second-order valence-corrected chi connectivity index (χ2v) is 18.1. The van der Waals surface area contributed by atoms with Gasteiger partial charge in [-0.1, -0.05) is 41.0 Å². The van der Waals surface area contributed by atoms with E-state index < -0.39 is 29.1 Å². The quantitative estimate of drug-likeness (QED) is 0.352. The van der Waals surface area contributed by atoms with Gasteiger partial charge in [-0.05, 0) is 89.8 Å². The largest absolute Gasteiger partial charge is 0.330 e. The average molecular weight is 706 g/mol. The maximum Gasteiger partial charge on any atom is 0.232 e. The Bertz CT molecular complexity index is 910. The Morgan fingerprint density at radius 3 is 1.19 bits per heavy atom. The van der Waals surface area contributed by atoms with Crippen LogP contribution >= 0.6 is 23.1 Å². The van der Waals surface area contributed by atoms with Crippen LogP contribution in [0.4, 0.5) is 0 Å². The fourth-order valence-electron chi connectivity index (χ4n) is 4.67. The van der Waals surface area contributed by atoms with Crippen LogP contribution in [-0.4, -0.2) is 96.9 Å². The van der Waals surface area contributed by atoms with Gasteiger partial charge in [-0.3, -0.25) is 0 Å². The van der Waals surface area contributed by atoms with Gasteiger partial charge >= 0.3 is 0 Å². The number of hydrogen-bond acceptors (Lipinski definition) is 8. The van der Waals surface area contributed by atoms with Crippen molar-refractivity contribution in [2.24, 2.45) is 23.5 Å². The summed E-state index contributed by atoms with van der Waals surface area (Å²) in [5.41, 5.74) is 5.52. The first-order chi connectivity index (χ1) is 18.7. The van der Waals surface area contributed by atoms with Crippen LogP contribution < -0.4 is 11.1 Å². The third-order valence-electron chi connectivity index (χ3n) is 7.95. The molecule has 0 spiro atoms. The van der Waals surface area contributed by atoms with Gasteiger partial charge in [-0.25, -0.2) is 33.9 Å². The minimum atomic E-state index is -3.19. The van der Waals surface area contributed by atoms with E-state index in [0.29, 0.717) is 25.6 Å². The molecule has 0 atom stereocenters. The Balaban J connectivity index is -0.000000496. The summed E-state index contributed by atoms with van der Waals surface area (Å²) in [4.78, 5) is 0. The number of rotatable bonds is 8. The summed E-state index contributed by atoms with van der Waals surface area (Å²) in [6, 6.07) is 0. The molecule has 15 heteroatoms. The zero-order chi connectivity index (χ0) is 30.8. The minimum Gasteiger partial charge on any atom is -0.330 e. The van der Waals surface area contributed by atoms with Crippen molar-refractivity contribution in [1.82, 2.24) is 13.9 Å². The number of piperidine rings is 3. The SMILES string of the molecule is C.CCC1CCN(S(=O)(=O)CC)CC1.CCC1CCNCC1.CCS(=O)(=O)Cl.CCS(=O)(=O)N1CCC(CN)CC1.Cl. The molecule has 0 aromatic heterocycles. The van der Waals surface area contributed by atoms with Crippen LogP contribution in [0.1, 0.15) is 93.4 Å². The highest BCUT2D eigenvalue weighted by molar-refractivity contribution is 8.13. The fraction of sp³-hybridized carbons (Fsp3) is 1.00. The summed E-state index contributed by atoms with van der Waals surface area (Å²) >= 11 is 0. The molecule has 3 N–H and O–H groups in total. The number of hydrogen-bond donors (Lipinski definition) is 2. The van der Waals surface area contributed by atoms with Crippen LogP contribution in [0.2, 0.25) is 0 Å². The molecule has 3 fully saturated rings. The Morgan fingerprint density at radius 1 is 0.643 bits per heavy atom. The number of nitrogens with one attached hydrogen (secondary N) is 1. The van der Waals surface area contributed by atoms with Crippen molar-refractivity contribution in [2.75, 3.05) is 63.1 Å². The Labute approximate surface area is 270 Å². The van der Waals surface area contributed by atoms with Crippen molar-refractivity contribution in [3.63, 3.8) is 0 Å². The van der Waals surface area contributed by atoms with E-state index in [4.69, 9.17) is 5.73 Å². The molecule has 0 saturated carbocycles. The van der Waals surface area contributed by atoms with E-state index in [-0.39, 0.29) is 37.1 Å². The van der Waals surface area contributed by atoms with E-state index in [0.717, 1.165) is 50.6 Å². The van der Waals surface area contributed by atoms with Gasteiger partial charge in [0.1, 0.15) is 0 Å². The van der Waals surface area contributed by atoms with E-state index in [9.17, 15) is 25.3 Å². The third kappa shape index (κ3) is 20.3. The van der Waals surface area contributed by atoms with Gasteiger partial charge in [0.25, 0.3) is 0 Å². The van der Waals surface area contributed by atoms with Gasteiger partial charge in [-0.15, -0.1) is 12.4 Å². The Morgan fingerprint density at radius 2 is 0.952 bits per heavy atom. The lowest BCUT2D eigenvalue weighted by Crippen LogP contribution is -2.40. The molecule has 3 heterocycles. The molecule has 0 aromatic carbocycles. The molecule has 3 aliphatic heterocycles. The predicted octanol–water partition coefficient (Wildman–Crippen LogP) is 4.49. The molecule has 258 valence electrons. The van der Waals surface area contributed by atoms with Crippen molar-refractivity contribution < 1.29 is 25.3 Å². The van der Waals surface area contributed by atoms with Crippen LogP contribution in [0.5, 0.6) is 0 Å². The number of nitrogens with zero attached hydrogens (tertiary/aromatic N) is 2. The fourth-order valence-corrected chi connectivity index (χ4v) is 6.94. The summed E-state index contributed by atoms with van der Waals surface area (Å²) in [5.74, 6) is 2.74. The molecule has 42 heavy (non-hydrogen) atoms. The van der Waals surface area contributed by atoms with Gasteiger partial charge in [0.05, 0.1) is 17.3 Å². The van der Waals surface area contributed by atoms with E-state index in [2.05, 4.69) is 29.8 Å². The van der Waals surface area contributed by atoms with Crippen molar-refractivity contribution in [3.05, 3.63) is 0 Å². The van der Waals surface area contributed by atoms with Crippen LogP contribution in [0, 0.1) is 17.8 Å². The van der Waals surface area contributed by atoms with Gasteiger partial charge < -0.3 is 11.1 Å². The average Bonchev–Trinajstić information content (AvgIpc) is 2.98. The molecule has 0 unspecified atom stereocenters. The summed E-state index contributed by atoms with van der Waals surface area (Å²) in [7, 11) is -4.38. The molecule has 0 bridgehead atoms. The standard InChI is InChI=1S/C9H19NO2S.C8H18N2O2S.C7H15N.C2H5ClO2S.CH4.ClH/c1-3-9-5-7-10(8-6-9)13(11,12)4-2;1-2-13(11,12)10-5-3-8(7-9)4-6-10;1-2-7-3-5-8-6-4-7;1-2-6(3,4)5;;/h9H,3-8H2,1-2H3;8H,2-7,9H2,1H3;7-8H,2-6H2,1H3;2H2,1H3;1H4;1H. The van der Waals surface area contributed by atoms with E-state index >= 15 is 0 Å².